The molecule has 0 saturated heterocycles. The van der Waals surface area contributed by atoms with Crippen LogP contribution in [0.3, 0.4) is 0 Å². The van der Waals surface area contributed by atoms with Crippen LogP contribution in [0.2, 0.25) is 0 Å². The summed E-state index contributed by atoms with van der Waals surface area (Å²) in [5, 5.41) is 12.0. The van der Waals surface area contributed by atoms with Gasteiger partial charge in [-0.2, -0.15) is 0 Å². The molecule has 5 heteroatoms. The highest BCUT2D eigenvalue weighted by Gasteiger charge is 2.34. The highest BCUT2D eigenvalue weighted by atomic mass is 16.6. The minimum absolute atomic E-state index is 0.0174. The quantitative estimate of drug-likeness (QED) is 0.738. The highest BCUT2D eigenvalue weighted by Crippen LogP contribution is 2.29. The van der Waals surface area contributed by atoms with E-state index in [1.165, 1.54) is 0 Å². The topological polar surface area (TPSA) is 75.6 Å². The lowest BCUT2D eigenvalue weighted by Gasteiger charge is -2.34. The molecule has 5 nitrogen and oxygen atoms in total. The SMILES string of the molecule is CC(C)(C)CC(C)(C)OC(=O)[C@H](CC(=O)O)NC(C)(C)C. The van der Waals surface area contributed by atoms with Crippen molar-refractivity contribution in [1.82, 2.24) is 5.32 Å². The minimum Gasteiger partial charge on any atom is -0.481 e. The van der Waals surface area contributed by atoms with Gasteiger partial charge in [0, 0.05) is 5.54 Å². The number of carbonyl (C=O) groups excluding carboxylic acids is 1. The molecule has 21 heavy (non-hydrogen) atoms. The van der Waals surface area contributed by atoms with Gasteiger partial charge < -0.3 is 9.84 Å². The van der Waals surface area contributed by atoms with Crippen molar-refractivity contribution >= 4 is 11.9 Å². The Balaban J connectivity index is 4.92. The maximum Gasteiger partial charge on any atom is 0.324 e. The first-order chi connectivity index (χ1) is 9.11. The van der Waals surface area contributed by atoms with E-state index in [1.54, 1.807) is 0 Å². The van der Waals surface area contributed by atoms with Gasteiger partial charge in [-0.1, -0.05) is 20.8 Å². The van der Waals surface area contributed by atoms with Crippen LogP contribution in [-0.4, -0.2) is 34.2 Å². The Morgan fingerprint density at radius 1 is 1.05 bits per heavy atom. The zero-order chi connectivity index (χ0) is 17.1. The van der Waals surface area contributed by atoms with Crippen LogP contribution in [0.4, 0.5) is 0 Å². The van der Waals surface area contributed by atoms with Crippen molar-refractivity contribution < 1.29 is 19.4 Å². The molecule has 0 saturated carbocycles. The molecular formula is C16H31NO4. The molecule has 0 aromatic heterocycles. The summed E-state index contributed by atoms with van der Waals surface area (Å²) in [7, 11) is 0. The number of esters is 1. The van der Waals surface area contributed by atoms with E-state index in [4.69, 9.17) is 9.84 Å². The van der Waals surface area contributed by atoms with Crippen molar-refractivity contribution in [3.05, 3.63) is 0 Å². The lowest BCUT2D eigenvalue weighted by molar-refractivity contribution is -0.164. The van der Waals surface area contributed by atoms with Crippen molar-refractivity contribution in [3.8, 4) is 0 Å². The zero-order valence-electron chi connectivity index (χ0n) is 14.7. The third-order valence-electron chi connectivity index (χ3n) is 2.60. The van der Waals surface area contributed by atoms with Crippen LogP contribution in [0.5, 0.6) is 0 Å². The third kappa shape index (κ3) is 10.3. The molecule has 0 radical (unpaired) electrons. The average Bonchev–Trinajstić information content (AvgIpc) is 2.07. The number of aliphatic carboxylic acids is 1. The van der Waals surface area contributed by atoms with E-state index in [9.17, 15) is 9.59 Å². The van der Waals surface area contributed by atoms with E-state index >= 15 is 0 Å². The minimum atomic E-state index is -1.03. The molecule has 1 atom stereocenters. The first-order valence-corrected chi connectivity index (χ1v) is 7.34. The third-order valence-corrected chi connectivity index (χ3v) is 2.60. The largest absolute Gasteiger partial charge is 0.481 e. The molecule has 0 rings (SSSR count). The van der Waals surface area contributed by atoms with E-state index in [2.05, 4.69) is 26.1 Å². The van der Waals surface area contributed by atoms with Crippen LogP contribution in [0.25, 0.3) is 0 Å². The second-order valence-electron chi connectivity index (χ2n) is 8.46. The fourth-order valence-electron chi connectivity index (χ4n) is 2.55. The Labute approximate surface area is 128 Å². The lowest BCUT2D eigenvalue weighted by atomic mass is 9.83. The van der Waals surface area contributed by atoms with Gasteiger partial charge in [-0.05, 0) is 46.5 Å². The molecule has 0 fully saturated rings. The summed E-state index contributed by atoms with van der Waals surface area (Å²) in [5.74, 6) is -1.54. The molecule has 0 aliphatic heterocycles. The van der Waals surface area contributed by atoms with Crippen molar-refractivity contribution in [1.29, 1.82) is 0 Å². The summed E-state index contributed by atoms with van der Waals surface area (Å²) >= 11 is 0. The van der Waals surface area contributed by atoms with Crippen molar-refractivity contribution in [2.24, 2.45) is 5.41 Å². The standard InChI is InChI=1S/C16H31NO4/c1-14(2,3)10-16(7,8)21-13(20)11(9-12(18)19)17-15(4,5)6/h11,17H,9-10H2,1-8H3,(H,18,19)/t11-/m0/s1. The van der Waals surface area contributed by atoms with Gasteiger partial charge in [-0.15, -0.1) is 0 Å². The van der Waals surface area contributed by atoms with E-state index < -0.39 is 23.6 Å². The van der Waals surface area contributed by atoms with Crippen LogP contribution in [0.1, 0.15) is 68.2 Å². The van der Waals surface area contributed by atoms with E-state index in [1.807, 2.05) is 34.6 Å². The number of carboxylic acids is 1. The summed E-state index contributed by atoms with van der Waals surface area (Å²) in [6.45, 7) is 15.6. The maximum absolute atomic E-state index is 12.3. The molecular weight excluding hydrogens is 270 g/mol. The Morgan fingerprint density at radius 3 is 1.86 bits per heavy atom. The molecule has 0 unspecified atom stereocenters. The van der Waals surface area contributed by atoms with Gasteiger partial charge in [0.05, 0.1) is 6.42 Å². The van der Waals surface area contributed by atoms with Crippen molar-refractivity contribution in [2.45, 2.75) is 85.4 Å². The number of carboxylic acid groups (broad SMARTS) is 1. The molecule has 0 aliphatic rings. The van der Waals surface area contributed by atoms with Crippen LogP contribution in [0.15, 0.2) is 0 Å². The Bertz CT molecular complexity index is 375. The van der Waals surface area contributed by atoms with Gasteiger partial charge in [0.25, 0.3) is 0 Å². The molecule has 2 N–H and O–H groups in total. The van der Waals surface area contributed by atoms with Crippen molar-refractivity contribution in [2.75, 3.05) is 0 Å². The molecule has 124 valence electrons. The first kappa shape index (κ1) is 19.9. The van der Waals surface area contributed by atoms with E-state index in [0.29, 0.717) is 6.42 Å². The Hall–Kier alpha value is -1.10. The Kier molecular flexibility index (Phi) is 6.42. The predicted octanol–water partition coefficient (Wildman–Crippen LogP) is 2.98. The van der Waals surface area contributed by atoms with Crippen molar-refractivity contribution in [3.63, 3.8) is 0 Å². The molecule has 0 aromatic rings. The number of carbonyl (C=O) groups is 2. The Morgan fingerprint density at radius 2 is 1.52 bits per heavy atom. The van der Waals surface area contributed by atoms with E-state index in [0.717, 1.165) is 0 Å². The van der Waals surface area contributed by atoms with Crippen LogP contribution >= 0.6 is 0 Å². The lowest BCUT2D eigenvalue weighted by Crippen LogP contribution is -2.51. The average molecular weight is 301 g/mol. The number of hydrogen-bond acceptors (Lipinski definition) is 4. The smallest absolute Gasteiger partial charge is 0.324 e. The summed E-state index contributed by atoms with van der Waals surface area (Å²) < 4.78 is 5.56. The second kappa shape index (κ2) is 6.77. The van der Waals surface area contributed by atoms with Gasteiger partial charge >= 0.3 is 11.9 Å². The summed E-state index contributed by atoms with van der Waals surface area (Å²) in [6, 6.07) is -0.846. The summed E-state index contributed by atoms with van der Waals surface area (Å²) in [4.78, 5) is 23.3. The number of ether oxygens (including phenoxy) is 1. The molecule has 0 bridgehead atoms. The normalized spacial score (nSPS) is 14.7. The number of nitrogens with one attached hydrogen (secondary N) is 1. The monoisotopic (exact) mass is 301 g/mol. The second-order valence-corrected chi connectivity index (χ2v) is 8.46. The van der Waals surface area contributed by atoms with Gasteiger partial charge in [0.2, 0.25) is 0 Å². The number of hydrogen-bond donors (Lipinski definition) is 2. The fourth-order valence-corrected chi connectivity index (χ4v) is 2.55. The summed E-state index contributed by atoms with van der Waals surface area (Å²) in [6.07, 6.45) is 0.406. The zero-order valence-corrected chi connectivity index (χ0v) is 14.7. The van der Waals surface area contributed by atoms with Crippen LogP contribution < -0.4 is 5.32 Å². The summed E-state index contributed by atoms with van der Waals surface area (Å²) in [5.41, 5.74) is -0.984. The molecule has 0 spiro atoms. The highest BCUT2D eigenvalue weighted by molar-refractivity contribution is 5.82. The van der Waals surface area contributed by atoms with Crippen LogP contribution in [-0.2, 0) is 14.3 Å². The van der Waals surface area contributed by atoms with Crippen LogP contribution in [0, 0.1) is 5.41 Å². The first-order valence-electron chi connectivity index (χ1n) is 7.34. The number of rotatable bonds is 6. The van der Waals surface area contributed by atoms with E-state index in [-0.39, 0.29) is 17.4 Å². The predicted molar refractivity (Wildman–Crippen MR) is 83.2 cm³/mol. The maximum atomic E-state index is 12.3. The fraction of sp³-hybridized carbons (Fsp3) is 0.875. The van der Waals surface area contributed by atoms with Gasteiger partial charge in [-0.3, -0.25) is 14.9 Å². The molecule has 0 amide bonds. The molecule has 0 heterocycles. The van der Waals surface area contributed by atoms with Gasteiger partial charge in [-0.25, -0.2) is 0 Å². The molecule has 0 aliphatic carbocycles. The molecule has 0 aromatic carbocycles. The van der Waals surface area contributed by atoms with Gasteiger partial charge in [0.15, 0.2) is 0 Å². The van der Waals surface area contributed by atoms with Gasteiger partial charge in [0.1, 0.15) is 11.6 Å².